The number of rotatable bonds is 6. The Balaban J connectivity index is 1.84. The number of benzene rings is 1. The van der Waals surface area contributed by atoms with Crippen molar-refractivity contribution in [2.75, 3.05) is 6.54 Å². The molecule has 0 amide bonds. The molecule has 1 heterocycles. The lowest BCUT2D eigenvalue weighted by Crippen LogP contribution is -2.13. The van der Waals surface area contributed by atoms with Gasteiger partial charge >= 0.3 is 0 Å². The topological polar surface area (TPSA) is 29.9 Å². The van der Waals surface area contributed by atoms with Crippen molar-refractivity contribution in [1.82, 2.24) is 14.9 Å². The van der Waals surface area contributed by atoms with Gasteiger partial charge in [0.25, 0.3) is 0 Å². The predicted molar refractivity (Wildman–Crippen MR) is 74.7 cm³/mol. The van der Waals surface area contributed by atoms with E-state index in [0.29, 0.717) is 0 Å². The van der Waals surface area contributed by atoms with Crippen LogP contribution in [-0.4, -0.2) is 16.1 Å². The van der Waals surface area contributed by atoms with Gasteiger partial charge in [0.15, 0.2) is 0 Å². The van der Waals surface area contributed by atoms with Gasteiger partial charge in [0, 0.05) is 24.6 Å². The Hall–Kier alpha value is -1.87. The maximum Gasteiger partial charge on any atom is 0.0991 e. The Bertz CT molecular complexity index is 469. The van der Waals surface area contributed by atoms with Crippen LogP contribution >= 0.6 is 0 Å². The molecule has 2 rings (SSSR count). The molecule has 0 saturated carbocycles. The molecule has 0 atom stereocenters. The second-order valence-corrected chi connectivity index (χ2v) is 4.17. The number of nitrogens with zero attached hydrogens (tertiary/aromatic N) is 2. The molecule has 1 aromatic heterocycles. The van der Waals surface area contributed by atoms with E-state index in [1.807, 2.05) is 17.1 Å². The molecule has 0 aliphatic heterocycles. The first-order chi connectivity index (χ1) is 8.90. The standard InChI is InChI=1S/C15H19N3/c1-2-3-4-9-16-12-14-5-7-15(8-6-14)18-11-10-17-13-18/h2-3,5-8,10-11,13,16H,4,9,12H2,1H3/b3-2+. The number of aromatic nitrogens is 2. The zero-order valence-corrected chi connectivity index (χ0v) is 10.7. The molecule has 0 saturated heterocycles. The molecule has 0 radical (unpaired) electrons. The van der Waals surface area contributed by atoms with Crippen LogP contribution in [0, 0.1) is 0 Å². The van der Waals surface area contributed by atoms with Gasteiger partial charge in [0.2, 0.25) is 0 Å². The van der Waals surface area contributed by atoms with Gasteiger partial charge in [-0.15, -0.1) is 0 Å². The third-order valence-corrected chi connectivity index (χ3v) is 2.79. The summed E-state index contributed by atoms with van der Waals surface area (Å²) < 4.78 is 2.00. The number of allylic oxidation sites excluding steroid dienone is 1. The van der Waals surface area contributed by atoms with Crippen LogP contribution < -0.4 is 5.32 Å². The van der Waals surface area contributed by atoms with E-state index in [2.05, 4.69) is 53.6 Å². The van der Waals surface area contributed by atoms with Gasteiger partial charge in [0.1, 0.15) is 0 Å². The highest BCUT2D eigenvalue weighted by molar-refractivity contribution is 5.34. The lowest BCUT2D eigenvalue weighted by atomic mass is 10.2. The van der Waals surface area contributed by atoms with Crippen LogP contribution in [0.1, 0.15) is 18.9 Å². The largest absolute Gasteiger partial charge is 0.312 e. The van der Waals surface area contributed by atoms with Crippen LogP contribution in [0.4, 0.5) is 0 Å². The van der Waals surface area contributed by atoms with E-state index in [1.165, 1.54) is 5.56 Å². The minimum absolute atomic E-state index is 0.918. The molecule has 3 heteroatoms. The maximum absolute atomic E-state index is 4.04. The number of hydrogen-bond acceptors (Lipinski definition) is 2. The summed E-state index contributed by atoms with van der Waals surface area (Å²) in [5.74, 6) is 0. The lowest BCUT2D eigenvalue weighted by Gasteiger charge is -2.05. The van der Waals surface area contributed by atoms with Crippen molar-refractivity contribution in [1.29, 1.82) is 0 Å². The zero-order valence-electron chi connectivity index (χ0n) is 10.7. The van der Waals surface area contributed by atoms with Crippen LogP contribution in [0.3, 0.4) is 0 Å². The summed E-state index contributed by atoms with van der Waals surface area (Å²) in [5, 5.41) is 3.42. The van der Waals surface area contributed by atoms with Gasteiger partial charge in [-0.1, -0.05) is 24.3 Å². The first-order valence-corrected chi connectivity index (χ1v) is 6.29. The fraction of sp³-hybridized carbons (Fsp3) is 0.267. The number of hydrogen-bond donors (Lipinski definition) is 1. The number of imidazole rings is 1. The molecular weight excluding hydrogens is 222 g/mol. The second kappa shape index (κ2) is 6.77. The van der Waals surface area contributed by atoms with Gasteiger partial charge < -0.3 is 9.88 Å². The monoisotopic (exact) mass is 241 g/mol. The van der Waals surface area contributed by atoms with Crippen molar-refractivity contribution in [3.05, 3.63) is 60.7 Å². The van der Waals surface area contributed by atoms with Gasteiger partial charge in [-0.05, 0) is 37.6 Å². The molecular formula is C15H19N3. The van der Waals surface area contributed by atoms with Crippen molar-refractivity contribution in [2.24, 2.45) is 0 Å². The van der Waals surface area contributed by atoms with Crippen LogP contribution in [0.25, 0.3) is 5.69 Å². The molecule has 0 aliphatic rings. The minimum Gasteiger partial charge on any atom is -0.312 e. The molecule has 0 bridgehead atoms. The van der Waals surface area contributed by atoms with Crippen LogP contribution in [0.15, 0.2) is 55.1 Å². The second-order valence-electron chi connectivity index (χ2n) is 4.17. The van der Waals surface area contributed by atoms with Gasteiger partial charge in [-0.3, -0.25) is 0 Å². The molecule has 3 nitrogen and oxygen atoms in total. The third kappa shape index (κ3) is 3.57. The summed E-state index contributed by atoms with van der Waals surface area (Å²) in [6.45, 7) is 3.99. The van der Waals surface area contributed by atoms with E-state index < -0.39 is 0 Å². The average Bonchev–Trinajstić information content (AvgIpc) is 2.93. The Morgan fingerprint density at radius 1 is 1.28 bits per heavy atom. The smallest absolute Gasteiger partial charge is 0.0991 e. The van der Waals surface area contributed by atoms with E-state index in [0.717, 1.165) is 25.2 Å². The SMILES string of the molecule is C/C=C/CCNCc1ccc(-n2ccnc2)cc1. The highest BCUT2D eigenvalue weighted by atomic mass is 15.0. The Labute approximate surface area is 108 Å². The first kappa shape index (κ1) is 12.6. The Morgan fingerprint density at radius 3 is 2.78 bits per heavy atom. The quantitative estimate of drug-likeness (QED) is 0.622. The van der Waals surface area contributed by atoms with Crippen molar-refractivity contribution in [3.8, 4) is 5.69 Å². The zero-order chi connectivity index (χ0) is 12.6. The predicted octanol–water partition coefficient (Wildman–Crippen LogP) is 2.93. The molecule has 1 aromatic carbocycles. The molecule has 18 heavy (non-hydrogen) atoms. The summed E-state index contributed by atoms with van der Waals surface area (Å²) in [7, 11) is 0. The third-order valence-electron chi connectivity index (χ3n) is 2.79. The van der Waals surface area contributed by atoms with Crippen LogP contribution in [-0.2, 0) is 6.54 Å². The van der Waals surface area contributed by atoms with Crippen LogP contribution in [0.5, 0.6) is 0 Å². The summed E-state index contributed by atoms with van der Waals surface area (Å²) >= 11 is 0. The van der Waals surface area contributed by atoms with Crippen LogP contribution in [0.2, 0.25) is 0 Å². The first-order valence-electron chi connectivity index (χ1n) is 6.29. The minimum atomic E-state index is 0.918. The molecule has 1 N–H and O–H groups in total. The van der Waals surface area contributed by atoms with Crippen molar-refractivity contribution >= 4 is 0 Å². The summed E-state index contributed by atoms with van der Waals surface area (Å²) in [6.07, 6.45) is 10.9. The van der Waals surface area contributed by atoms with Gasteiger partial charge in [0.05, 0.1) is 6.33 Å². The fourth-order valence-corrected chi connectivity index (χ4v) is 1.78. The van der Waals surface area contributed by atoms with Crippen molar-refractivity contribution in [3.63, 3.8) is 0 Å². The molecule has 0 aliphatic carbocycles. The van der Waals surface area contributed by atoms with Crippen molar-refractivity contribution in [2.45, 2.75) is 19.9 Å². The van der Waals surface area contributed by atoms with Gasteiger partial charge in [-0.25, -0.2) is 4.98 Å². The fourth-order valence-electron chi connectivity index (χ4n) is 1.78. The van der Waals surface area contributed by atoms with E-state index >= 15 is 0 Å². The maximum atomic E-state index is 4.04. The molecule has 0 spiro atoms. The molecule has 0 unspecified atom stereocenters. The lowest BCUT2D eigenvalue weighted by molar-refractivity contribution is 0.695. The average molecular weight is 241 g/mol. The van der Waals surface area contributed by atoms with E-state index in [1.54, 1.807) is 6.20 Å². The summed E-state index contributed by atoms with van der Waals surface area (Å²) in [6, 6.07) is 8.53. The molecule has 94 valence electrons. The normalized spacial score (nSPS) is 11.2. The summed E-state index contributed by atoms with van der Waals surface area (Å²) in [4.78, 5) is 4.04. The number of nitrogens with one attached hydrogen (secondary N) is 1. The van der Waals surface area contributed by atoms with Crippen molar-refractivity contribution < 1.29 is 0 Å². The molecule has 2 aromatic rings. The highest BCUT2D eigenvalue weighted by Gasteiger charge is 1.96. The highest BCUT2D eigenvalue weighted by Crippen LogP contribution is 2.08. The molecule has 0 fully saturated rings. The Kier molecular flexibility index (Phi) is 4.73. The van der Waals surface area contributed by atoms with Gasteiger partial charge in [-0.2, -0.15) is 0 Å². The summed E-state index contributed by atoms with van der Waals surface area (Å²) in [5.41, 5.74) is 2.45. The Morgan fingerprint density at radius 2 is 2.11 bits per heavy atom. The van der Waals surface area contributed by atoms with E-state index in [9.17, 15) is 0 Å². The van der Waals surface area contributed by atoms with E-state index in [-0.39, 0.29) is 0 Å². The van der Waals surface area contributed by atoms with E-state index in [4.69, 9.17) is 0 Å².